The van der Waals surface area contributed by atoms with E-state index < -0.39 is 78.0 Å². The summed E-state index contributed by atoms with van der Waals surface area (Å²) >= 11 is 0. The van der Waals surface area contributed by atoms with Crippen LogP contribution in [0.1, 0.15) is 11.1 Å². The van der Waals surface area contributed by atoms with Crippen LogP contribution in [-0.4, -0.2) is 98.8 Å². The number of rotatable bonds is 12. The van der Waals surface area contributed by atoms with Crippen LogP contribution in [0.25, 0.3) is 0 Å². The van der Waals surface area contributed by atoms with Crippen molar-refractivity contribution in [3.05, 3.63) is 65.2 Å². The van der Waals surface area contributed by atoms with E-state index in [-0.39, 0.29) is 11.3 Å². The number of aromatic nitrogens is 1. The Kier molecular flexibility index (Phi) is 9.37. The number of phenols is 1. The predicted octanol–water partition coefficient (Wildman–Crippen LogP) is 1.08. The van der Waals surface area contributed by atoms with Gasteiger partial charge in [-0.2, -0.15) is 13.8 Å². The maximum Gasteiger partial charge on any atom is 0.263 e. The molecular formula is C27H29F2N5O8. The number of nitrogens with zero attached hydrogens (tertiary/aromatic N) is 3. The molecule has 0 fully saturated rings. The molecule has 15 heteroatoms. The zero-order valence-corrected chi connectivity index (χ0v) is 22.2. The van der Waals surface area contributed by atoms with Crippen LogP contribution >= 0.6 is 0 Å². The van der Waals surface area contributed by atoms with Crippen molar-refractivity contribution in [1.29, 1.82) is 5.41 Å². The number of nitrogens with one attached hydrogen (secondary N) is 1. The summed E-state index contributed by atoms with van der Waals surface area (Å²) in [5, 5.41) is 56.8. The number of hydrogen-bond donors (Lipinski definition) is 7. The number of pyridine rings is 1. The van der Waals surface area contributed by atoms with Crippen molar-refractivity contribution in [2.75, 3.05) is 33.4 Å². The van der Waals surface area contributed by atoms with Gasteiger partial charge >= 0.3 is 0 Å². The lowest BCUT2D eigenvalue weighted by atomic mass is 10.1. The molecule has 0 spiro atoms. The van der Waals surface area contributed by atoms with Crippen molar-refractivity contribution in [3.8, 4) is 34.8 Å². The predicted molar refractivity (Wildman–Crippen MR) is 145 cm³/mol. The van der Waals surface area contributed by atoms with Crippen molar-refractivity contribution in [1.82, 2.24) is 9.88 Å². The summed E-state index contributed by atoms with van der Waals surface area (Å²) in [4.78, 5) is 10.1. The fraction of sp³-hybridized carbons (Fsp3) is 0.296. The average molecular weight is 590 g/mol. The van der Waals surface area contributed by atoms with Crippen LogP contribution in [0.15, 0.2) is 47.5 Å². The van der Waals surface area contributed by atoms with Gasteiger partial charge in [0.2, 0.25) is 17.4 Å². The second kappa shape index (κ2) is 12.9. The maximum atomic E-state index is 15.7. The first-order valence-corrected chi connectivity index (χ1v) is 12.6. The SMILES string of the molecule is CN1CCN=C1c1cccc(Oc2nc(Oc3cc(C(=N)N)ccc3O)c(F)c(OC(C(O)CO)C(O)CO)c2F)c1. The van der Waals surface area contributed by atoms with Crippen LogP contribution in [-0.2, 0) is 0 Å². The minimum absolute atomic E-state index is 0.0640. The van der Waals surface area contributed by atoms with E-state index in [9.17, 15) is 25.5 Å². The maximum absolute atomic E-state index is 15.7. The smallest absolute Gasteiger partial charge is 0.263 e. The van der Waals surface area contributed by atoms with Gasteiger partial charge in [-0.1, -0.05) is 12.1 Å². The molecule has 1 aliphatic rings. The first kappa shape index (κ1) is 30.4. The molecular weight excluding hydrogens is 560 g/mol. The average Bonchev–Trinajstić information content (AvgIpc) is 3.41. The van der Waals surface area contributed by atoms with Crippen LogP contribution in [0.4, 0.5) is 8.78 Å². The van der Waals surface area contributed by atoms with Gasteiger partial charge in [-0.3, -0.25) is 10.4 Å². The normalized spacial score (nSPS) is 15.1. The molecule has 2 aromatic carbocycles. The molecule has 2 heterocycles. The van der Waals surface area contributed by atoms with Crippen molar-refractivity contribution in [2.24, 2.45) is 10.7 Å². The molecule has 8 N–H and O–H groups in total. The molecule has 2 atom stereocenters. The zero-order valence-electron chi connectivity index (χ0n) is 22.2. The summed E-state index contributed by atoms with van der Waals surface area (Å²) in [5.41, 5.74) is 6.23. The molecule has 0 bridgehead atoms. The fourth-order valence-corrected chi connectivity index (χ4v) is 4.00. The Morgan fingerprint density at radius 2 is 1.71 bits per heavy atom. The number of ether oxygens (including phenoxy) is 3. The highest BCUT2D eigenvalue weighted by Gasteiger charge is 2.34. The third-order valence-corrected chi connectivity index (χ3v) is 6.21. The lowest BCUT2D eigenvalue weighted by Gasteiger charge is -2.27. The van der Waals surface area contributed by atoms with Crippen LogP contribution < -0.4 is 19.9 Å². The molecule has 0 radical (unpaired) electrons. The summed E-state index contributed by atoms with van der Waals surface area (Å²) < 4.78 is 47.7. The van der Waals surface area contributed by atoms with Crippen molar-refractivity contribution in [2.45, 2.75) is 18.3 Å². The molecule has 2 unspecified atom stereocenters. The highest BCUT2D eigenvalue weighted by atomic mass is 19.1. The van der Waals surface area contributed by atoms with E-state index in [1.165, 1.54) is 12.1 Å². The molecule has 1 aromatic heterocycles. The minimum Gasteiger partial charge on any atom is -0.504 e. The van der Waals surface area contributed by atoms with E-state index in [1.54, 1.807) is 18.2 Å². The number of benzene rings is 2. The summed E-state index contributed by atoms with van der Waals surface area (Å²) in [6, 6.07) is 9.93. The number of amidine groups is 2. The van der Waals surface area contributed by atoms with Gasteiger partial charge < -0.3 is 50.4 Å². The van der Waals surface area contributed by atoms with Crippen molar-refractivity contribution >= 4 is 11.7 Å². The Morgan fingerprint density at radius 1 is 1.05 bits per heavy atom. The molecule has 42 heavy (non-hydrogen) atoms. The van der Waals surface area contributed by atoms with Gasteiger partial charge in [0.1, 0.15) is 29.6 Å². The number of phenolic OH excluding ortho intramolecular Hbond substituents is 1. The van der Waals surface area contributed by atoms with E-state index >= 15 is 8.78 Å². The van der Waals surface area contributed by atoms with Crippen LogP contribution in [0.5, 0.6) is 34.8 Å². The van der Waals surface area contributed by atoms with Gasteiger partial charge in [-0.15, -0.1) is 0 Å². The van der Waals surface area contributed by atoms with Gasteiger partial charge in [0.15, 0.2) is 17.6 Å². The molecule has 0 saturated heterocycles. The van der Waals surface area contributed by atoms with E-state index in [4.69, 9.17) is 25.4 Å². The number of nitrogen functional groups attached to an aromatic ring is 1. The number of nitrogens with two attached hydrogens (primary N) is 1. The number of hydrogen-bond acceptors (Lipinski definition) is 12. The Bertz CT molecular complexity index is 1480. The van der Waals surface area contributed by atoms with E-state index in [1.807, 2.05) is 11.9 Å². The highest BCUT2D eigenvalue weighted by molar-refractivity contribution is 6.00. The van der Waals surface area contributed by atoms with Crippen LogP contribution in [0.3, 0.4) is 0 Å². The highest BCUT2D eigenvalue weighted by Crippen LogP contribution is 2.40. The molecule has 1 aliphatic heterocycles. The summed E-state index contributed by atoms with van der Waals surface area (Å²) in [7, 11) is 1.85. The first-order valence-electron chi connectivity index (χ1n) is 12.6. The quantitative estimate of drug-likeness (QED) is 0.117. The Balaban J connectivity index is 1.80. The minimum atomic E-state index is -1.90. The molecule has 0 saturated carbocycles. The Labute approximate surface area is 238 Å². The molecule has 0 amide bonds. The fourth-order valence-electron chi connectivity index (χ4n) is 4.00. The third kappa shape index (κ3) is 6.49. The van der Waals surface area contributed by atoms with E-state index in [2.05, 4.69) is 9.98 Å². The number of aliphatic hydroxyl groups excluding tert-OH is 4. The van der Waals surface area contributed by atoms with E-state index in [0.29, 0.717) is 24.5 Å². The van der Waals surface area contributed by atoms with Gasteiger partial charge in [-0.05, 0) is 30.3 Å². The molecule has 3 aromatic rings. The number of halogens is 2. The Morgan fingerprint density at radius 3 is 2.31 bits per heavy atom. The standard InChI is InChI=1S/C27H29F2N5O8/c1-34-8-7-32-25(34)14-3-2-4-15(9-14)40-26-20(28)23(42-22(17(38)11-35)18(39)12-36)21(29)27(33-26)41-19-10-13(24(30)31)5-6-16(19)37/h2-6,9-10,17-18,22,35-39H,7-8,11-12H2,1H3,(H3,30,31). The molecule has 224 valence electrons. The number of aromatic hydroxyl groups is 1. The molecule has 0 aliphatic carbocycles. The van der Waals surface area contributed by atoms with Crippen molar-refractivity contribution in [3.63, 3.8) is 0 Å². The monoisotopic (exact) mass is 589 g/mol. The summed E-state index contributed by atoms with van der Waals surface area (Å²) in [6.07, 6.45) is -5.64. The summed E-state index contributed by atoms with van der Waals surface area (Å²) in [6.45, 7) is -0.682. The second-order valence-electron chi connectivity index (χ2n) is 9.22. The van der Waals surface area contributed by atoms with Crippen molar-refractivity contribution < 1.29 is 48.5 Å². The number of likely N-dealkylation sites (N-methyl/N-ethyl adjacent to an activating group) is 1. The van der Waals surface area contributed by atoms with Gasteiger partial charge in [-0.25, -0.2) is 0 Å². The lowest BCUT2D eigenvalue weighted by molar-refractivity contribution is -0.0800. The van der Waals surface area contributed by atoms with Gasteiger partial charge in [0, 0.05) is 24.7 Å². The number of aliphatic imine (C=N–C) groups is 1. The van der Waals surface area contributed by atoms with Crippen LogP contribution in [0.2, 0.25) is 0 Å². The van der Waals surface area contributed by atoms with Gasteiger partial charge in [0.25, 0.3) is 11.8 Å². The first-order chi connectivity index (χ1) is 20.0. The third-order valence-electron chi connectivity index (χ3n) is 6.21. The second-order valence-corrected chi connectivity index (χ2v) is 9.22. The zero-order chi connectivity index (χ0) is 30.6. The Hall–Kier alpha value is -4.57. The summed E-state index contributed by atoms with van der Waals surface area (Å²) in [5.74, 6) is -6.74. The topological polar surface area (TPSA) is 207 Å². The molecule has 13 nitrogen and oxygen atoms in total. The lowest BCUT2D eigenvalue weighted by Crippen LogP contribution is -2.46. The number of aliphatic hydroxyl groups is 4. The van der Waals surface area contributed by atoms with Gasteiger partial charge in [0.05, 0.1) is 19.8 Å². The molecule has 4 rings (SSSR count). The van der Waals surface area contributed by atoms with E-state index in [0.717, 1.165) is 12.1 Å². The van der Waals surface area contributed by atoms with Crippen LogP contribution in [0, 0.1) is 17.0 Å². The largest absolute Gasteiger partial charge is 0.504 e.